The van der Waals surface area contributed by atoms with E-state index >= 15 is 0 Å². The smallest absolute Gasteiger partial charge is 0.224 e. The zero-order chi connectivity index (χ0) is 17.5. The Morgan fingerprint density at radius 1 is 1.04 bits per heavy atom. The van der Waals surface area contributed by atoms with Crippen LogP contribution < -0.4 is 10.2 Å². The molecule has 0 radical (unpaired) electrons. The van der Waals surface area contributed by atoms with Gasteiger partial charge in [-0.1, -0.05) is 60.7 Å². The van der Waals surface area contributed by atoms with Gasteiger partial charge in [0.15, 0.2) is 0 Å². The number of hydrogen-bond donors (Lipinski definition) is 2. The van der Waals surface area contributed by atoms with Crippen LogP contribution in [0.25, 0.3) is 0 Å². The van der Waals surface area contributed by atoms with Crippen LogP contribution in [-0.4, -0.2) is 38.3 Å². The van der Waals surface area contributed by atoms with Crippen LogP contribution in [0.5, 0.6) is 0 Å². The maximum absolute atomic E-state index is 12.5. The number of nitrogens with one attached hydrogen (secondary N) is 2. The molecule has 0 unspecified atom stereocenters. The molecule has 2 atom stereocenters. The van der Waals surface area contributed by atoms with Gasteiger partial charge in [-0.25, -0.2) is 0 Å². The lowest BCUT2D eigenvalue weighted by Gasteiger charge is -2.35. The summed E-state index contributed by atoms with van der Waals surface area (Å²) in [6, 6.07) is 20.7. The van der Waals surface area contributed by atoms with Crippen LogP contribution in [0, 0.1) is 0 Å². The predicted octanol–water partition coefficient (Wildman–Crippen LogP) is 1.39. The number of quaternary nitrogens is 1. The normalized spacial score (nSPS) is 17.6. The molecule has 1 fully saturated rings. The fraction of sp³-hybridized carbons (Fsp3) is 0.381. The zero-order valence-corrected chi connectivity index (χ0v) is 14.8. The van der Waals surface area contributed by atoms with Gasteiger partial charge in [-0.2, -0.15) is 0 Å². The molecule has 1 heterocycles. The van der Waals surface area contributed by atoms with E-state index < -0.39 is 0 Å². The van der Waals surface area contributed by atoms with Gasteiger partial charge in [-0.05, 0) is 12.5 Å². The van der Waals surface area contributed by atoms with Crippen LogP contribution >= 0.6 is 0 Å². The van der Waals surface area contributed by atoms with Crippen molar-refractivity contribution >= 4 is 5.91 Å². The van der Waals surface area contributed by atoms with Crippen LogP contribution in [0.1, 0.15) is 24.1 Å². The van der Waals surface area contributed by atoms with Gasteiger partial charge < -0.3 is 15.0 Å². The van der Waals surface area contributed by atoms with E-state index in [-0.39, 0.29) is 18.0 Å². The molecule has 1 amide bonds. The Morgan fingerprint density at radius 2 is 1.64 bits per heavy atom. The largest absolute Gasteiger partial charge is 0.370 e. The summed E-state index contributed by atoms with van der Waals surface area (Å²) < 4.78 is 5.52. The molecule has 2 aromatic carbocycles. The lowest BCUT2D eigenvalue weighted by atomic mass is 9.97. The minimum absolute atomic E-state index is 0.0618. The Labute approximate surface area is 149 Å². The molecule has 0 aliphatic carbocycles. The van der Waals surface area contributed by atoms with Crippen molar-refractivity contribution in [1.29, 1.82) is 0 Å². The Morgan fingerprint density at radius 3 is 2.28 bits per heavy atom. The van der Waals surface area contributed by atoms with E-state index in [0.29, 0.717) is 6.42 Å². The fourth-order valence-corrected chi connectivity index (χ4v) is 3.65. The van der Waals surface area contributed by atoms with Crippen molar-refractivity contribution in [2.24, 2.45) is 0 Å². The van der Waals surface area contributed by atoms with Gasteiger partial charge in [0.1, 0.15) is 19.1 Å². The predicted molar refractivity (Wildman–Crippen MR) is 98.4 cm³/mol. The molecule has 4 heteroatoms. The van der Waals surface area contributed by atoms with Crippen molar-refractivity contribution < 1.29 is 14.4 Å². The second kappa shape index (κ2) is 8.79. The fourth-order valence-electron chi connectivity index (χ4n) is 3.65. The second-order valence-electron chi connectivity index (χ2n) is 6.68. The average Bonchev–Trinajstić information content (AvgIpc) is 2.64. The summed E-state index contributed by atoms with van der Waals surface area (Å²) in [5.74, 6) is 0.0762. The molecular weight excluding hydrogens is 312 g/mol. The van der Waals surface area contributed by atoms with Gasteiger partial charge in [0.25, 0.3) is 0 Å². The molecule has 0 bridgehead atoms. The quantitative estimate of drug-likeness (QED) is 0.835. The summed E-state index contributed by atoms with van der Waals surface area (Å²) in [7, 11) is 0. The van der Waals surface area contributed by atoms with Crippen molar-refractivity contribution in [2.45, 2.75) is 25.4 Å². The topological polar surface area (TPSA) is 42.8 Å². The molecule has 2 aromatic rings. The molecule has 0 spiro atoms. The van der Waals surface area contributed by atoms with Crippen molar-refractivity contribution in [3.63, 3.8) is 0 Å². The highest BCUT2D eigenvalue weighted by atomic mass is 16.5. The van der Waals surface area contributed by atoms with E-state index in [1.165, 1.54) is 10.5 Å². The van der Waals surface area contributed by atoms with E-state index in [9.17, 15) is 4.79 Å². The second-order valence-corrected chi connectivity index (χ2v) is 6.68. The molecule has 3 rings (SSSR count). The summed E-state index contributed by atoms with van der Waals surface area (Å²) in [4.78, 5) is 14.0. The number of benzene rings is 2. The molecule has 0 aromatic heterocycles. The van der Waals surface area contributed by atoms with Gasteiger partial charge in [0, 0.05) is 5.56 Å². The number of amides is 1. The van der Waals surface area contributed by atoms with E-state index in [2.05, 4.69) is 36.5 Å². The Balaban J connectivity index is 1.70. The standard InChI is InChI=1S/C21H26N2O2/c1-17(22-20(24)16-18-8-4-2-5-9-18)21(19-10-6-3-7-11-19)23-12-14-25-15-13-23/h2-11,17,21H,12-16H2,1H3,(H,22,24)/p+1/t17-,21+/m1/s1. The Kier molecular flexibility index (Phi) is 6.20. The van der Waals surface area contributed by atoms with Gasteiger partial charge >= 0.3 is 0 Å². The summed E-state index contributed by atoms with van der Waals surface area (Å²) in [5, 5.41) is 3.22. The zero-order valence-electron chi connectivity index (χ0n) is 14.8. The number of carbonyl (C=O) groups is 1. The molecule has 1 aliphatic heterocycles. The van der Waals surface area contributed by atoms with Crippen molar-refractivity contribution in [3.05, 3.63) is 71.8 Å². The Bertz CT molecular complexity index is 654. The first-order chi connectivity index (χ1) is 12.2. The molecular formula is C21H27N2O2+. The molecule has 25 heavy (non-hydrogen) atoms. The van der Waals surface area contributed by atoms with Gasteiger partial charge in [-0.15, -0.1) is 0 Å². The average molecular weight is 339 g/mol. The highest BCUT2D eigenvalue weighted by Crippen LogP contribution is 2.14. The maximum Gasteiger partial charge on any atom is 0.224 e. The van der Waals surface area contributed by atoms with Crippen LogP contribution in [0.3, 0.4) is 0 Å². The lowest BCUT2D eigenvalue weighted by molar-refractivity contribution is -0.940. The molecule has 4 nitrogen and oxygen atoms in total. The van der Waals surface area contributed by atoms with Crippen molar-refractivity contribution in [1.82, 2.24) is 5.32 Å². The third kappa shape index (κ3) is 4.91. The first-order valence-electron chi connectivity index (χ1n) is 9.04. The van der Waals surface area contributed by atoms with E-state index in [1.807, 2.05) is 36.4 Å². The van der Waals surface area contributed by atoms with E-state index in [1.54, 1.807) is 0 Å². The third-order valence-corrected chi connectivity index (χ3v) is 4.83. The highest BCUT2D eigenvalue weighted by molar-refractivity contribution is 5.78. The SMILES string of the molecule is C[C@@H](NC(=O)Cc1ccccc1)[C@@H](c1ccccc1)[NH+]1CCOCC1. The Hall–Kier alpha value is -2.17. The van der Waals surface area contributed by atoms with Gasteiger partial charge in [0.2, 0.25) is 5.91 Å². The van der Waals surface area contributed by atoms with Crippen molar-refractivity contribution in [3.8, 4) is 0 Å². The minimum atomic E-state index is 0.0618. The van der Waals surface area contributed by atoms with Crippen LogP contribution in [0.2, 0.25) is 0 Å². The molecule has 132 valence electrons. The third-order valence-electron chi connectivity index (χ3n) is 4.83. The number of hydrogen-bond acceptors (Lipinski definition) is 2. The molecule has 1 aliphatic rings. The van der Waals surface area contributed by atoms with E-state index in [4.69, 9.17) is 4.74 Å². The van der Waals surface area contributed by atoms with Crippen LogP contribution in [-0.2, 0) is 16.0 Å². The number of carbonyl (C=O) groups excluding carboxylic acids is 1. The minimum Gasteiger partial charge on any atom is -0.370 e. The van der Waals surface area contributed by atoms with Crippen LogP contribution in [0.15, 0.2) is 60.7 Å². The summed E-state index contributed by atoms with van der Waals surface area (Å²) >= 11 is 0. The number of rotatable bonds is 6. The summed E-state index contributed by atoms with van der Waals surface area (Å²) in [5.41, 5.74) is 2.31. The van der Waals surface area contributed by atoms with E-state index in [0.717, 1.165) is 31.9 Å². The number of morpholine rings is 1. The molecule has 0 saturated carbocycles. The number of ether oxygens (including phenoxy) is 1. The maximum atomic E-state index is 12.5. The van der Waals surface area contributed by atoms with Gasteiger partial charge in [0.05, 0.1) is 25.7 Å². The molecule has 2 N–H and O–H groups in total. The van der Waals surface area contributed by atoms with Gasteiger partial charge in [-0.3, -0.25) is 4.79 Å². The van der Waals surface area contributed by atoms with Crippen molar-refractivity contribution in [2.75, 3.05) is 26.3 Å². The lowest BCUT2D eigenvalue weighted by Crippen LogP contribution is -3.15. The summed E-state index contributed by atoms with van der Waals surface area (Å²) in [6.07, 6.45) is 0.422. The highest BCUT2D eigenvalue weighted by Gasteiger charge is 2.32. The molecule has 1 saturated heterocycles. The first kappa shape index (κ1) is 17.6. The van der Waals surface area contributed by atoms with Crippen LogP contribution in [0.4, 0.5) is 0 Å². The first-order valence-corrected chi connectivity index (χ1v) is 9.04. The summed E-state index contributed by atoms with van der Waals surface area (Å²) in [6.45, 7) is 5.62. The monoisotopic (exact) mass is 339 g/mol.